The summed E-state index contributed by atoms with van der Waals surface area (Å²) in [5.41, 5.74) is 3.83. The van der Waals surface area contributed by atoms with Crippen LogP contribution in [0.15, 0.2) is 69.9 Å². The molecule has 0 aliphatic rings. The average molecular weight is 390 g/mol. The summed E-state index contributed by atoms with van der Waals surface area (Å²) in [5, 5.41) is 0. The second-order valence-corrected chi connectivity index (χ2v) is 6.14. The van der Waals surface area contributed by atoms with E-state index in [1.165, 1.54) is 0 Å². The molecule has 0 saturated carbocycles. The summed E-state index contributed by atoms with van der Waals surface area (Å²) in [6.45, 7) is 0. The highest BCUT2D eigenvalue weighted by atomic mass is 79.9. The maximum absolute atomic E-state index is 4.50. The lowest BCUT2D eigenvalue weighted by atomic mass is 10.1. The third-order valence-electron chi connectivity index (χ3n) is 2.89. The minimum absolute atomic E-state index is 0.866. The summed E-state index contributed by atoms with van der Waals surface area (Å²) < 4.78 is 2.07. The second-order valence-electron chi connectivity index (χ2n) is 4.31. The van der Waals surface area contributed by atoms with Gasteiger partial charge in [-0.05, 0) is 24.3 Å². The molecule has 1 heterocycles. The molecule has 0 aliphatic heterocycles. The van der Waals surface area contributed by atoms with Gasteiger partial charge in [-0.3, -0.25) is 9.97 Å². The molecule has 2 aromatic carbocycles. The number of aromatic nitrogens is 2. The molecule has 3 rings (SSSR count). The van der Waals surface area contributed by atoms with Crippen molar-refractivity contribution in [1.29, 1.82) is 0 Å². The molecule has 0 amide bonds. The third kappa shape index (κ3) is 2.97. The van der Waals surface area contributed by atoms with Gasteiger partial charge in [-0.1, -0.05) is 56.1 Å². The van der Waals surface area contributed by atoms with Crippen LogP contribution in [0.25, 0.3) is 22.5 Å². The zero-order valence-electron chi connectivity index (χ0n) is 10.4. The highest BCUT2D eigenvalue weighted by molar-refractivity contribution is 9.10. The van der Waals surface area contributed by atoms with Crippen LogP contribution in [0.3, 0.4) is 0 Å². The molecule has 0 saturated heterocycles. The van der Waals surface area contributed by atoms with E-state index in [1.807, 2.05) is 48.5 Å². The number of halogens is 2. The monoisotopic (exact) mass is 388 g/mol. The molecule has 0 N–H and O–H groups in total. The summed E-state index contributed by atoms with van der Waals surface area (Å²) >= 11 is 6.93. The standard InChI is InChI=1S/C16H10Br2N2/c17-13-5-1-3-11(7-13)15-9-20-16(10-19-15)12-4-2-6-14(18)8-12/h1-10H. The van der Waals surface area contributed by atoms with E-state index >= 15 is 0 Å². The van der Waals surface area contributed by atoms with E-state index in [0.717, 1.165) is 31.5 Å². The van der Waals surface area contributed by atoms with Crippen molar-refractivity contribution in [2.24, 2.45) is 0 Å². The smallest absolute Gasteiger partial charge is 0.0886 e. The Morgan fingerprint density at radius 3 is 1.45 bits per heavy atom. The van der Waals surface area contributed by atoms with Crippen LogP contribution in [-0.4, -0.2) is 9.97 Å². The van der Waals surface area contributed by atoms with Gasteiger partial charge in [0.1, 0.15) is 0 Å². The van der Waals surface area contributed by atoms with Gasteiger partial charge in [0.15, 0.2) is 0 Å². The lowest BCUT2D eigenvalue weighted by molar-refractivity contribution is 1.21. The first-order valence-electron chi connectivity index (χ1n) is 6.06. The lowest BCUT2D eigenvalue weighted by Gasteiger charge is -2.04. The fourth-order valence-electron chi connectivity index (χ4n) is 1.92. The summed E-state index contributed by atoms with van der Waals surface area (Å²) in [6, 6.07) is 16.1. The first-order valence-corrected chi connectivity index (χ1v) is 7.65. The molecular formula is C16H10Br2N2. The van der Waals surface area contributed by atoms with E-state index in [-0.39, 0.29) is 0 Å². The summed E-state index contributed by atoms with van der Waals surface area (Å²) in [5.74, 6) is 0. The zero-order chi connectivity index (χ0) is 13.9. The van der Waals surface area contributed by atoms with Crippen molar-refractivity contribution in [1.82, 2.24) is 9.97 Å². The van der Waals surface area contributed by atoms with Gasteiger partial charge in [0.2, 0.25) is 0 Å². The van der Waals surface area contributed by atoms with Gasteiger partial charge in [0.05, 0.1) is 23.8 Å². The van der Waals surface area contributed by atoms with Crippen LogP contribution < -0.4 is 0 Å². The summed E-state index contributed by atoms with van der Waals surface area (Å²) in [4.78, 5) is 8.99. The van der Waals surface area contributed by atoms with Crippen LogP contribution in [-0.2, 0) is 0 Å². The predicted molar refractivity (Wildman–Crippen MR) is 88.3 cm³/mol. The maximum atomic E-state index is 4.50. The Balaban J connectivity index is 1.96. The molecule has 0 spiro atoms. The van der Waals surface area contributed by atoms with Crippen molar-refractivity contribution in [3.63, 3.8) is 0 Å². The largest absolute Gasteiger partial charge is 0.252 e. The van der Waals surface area contributed by atoms with Crippen molar-refractivity contribution in [3.8, 4) is 22.5 Å². The van der Waals surface area contributed by atoms with Crippen molar-refractivity contribution in [2.45, 2.75) is 0 Å². The molecule has 2 nitrogen and oxygen atoms in total. The van der Waals surface area contributed by atoms with E-state index < -0.39 is 0 Å². The predicted octanol–water partition coefficient (Wildman–Crippen LogP) is 5.34. The fourth-order valence-corrected chi connectivity index (χ4v) is 2.72. The van der Waals surface area contributed by atoms with Gasteiger partial charge in [0.25, 0.3) is 0 Å². The molecule has 20 heavy (non-hydrogen) atoms. The number of nitrogens with zero attached hydrogens (tertiary/aromatic N) is 2. The minimum atomic E-state index is 0.866. The Labute approximate surface area is 134 Å². The average Bonchev–Trinajstić information content (AvgIpc) is 2.47. The van der Waals surface area contributed by atoms with Crippen LogP contribution in [0.2, 0.25) is 0 Å². The van der Waals surface area contributed by atoms with Crippen LogP contribution in [0, 0.1) is 0 Å². The summed E-state index contributed by atoms with van der Waals surface area (Å²) in [7, 11) is 0. The van der Waals surface area contributed by atoms with Crippen molar-refractivity contribution < 1.29 is 0 Å². The molecule has 0 radical (unpaired) electrons. The third-order valence-corrected chi connectivity index (χ3v) is 3.88. The topological polar surface area (TPSA) is 25.8 Å². The minimum Gasteiger partial charge on any atom is -0.252 e. The van der Waals surface area contributed by atoms with Gasteiger partial charge in [0, 0.05) is 20.1 Å². The SMILES string of the molecule is Brc1cccc(-c2cnc(-c3cccc(Br)c3)cn2)c1. The van der Waals surface area contributed by atoms with E-state index in [2.05, 4.69) is 41.8 Å². The van der Waals surface area contributed by atoms with Crippen LogP contribution >= 0.6 is 31.9 Å². The first kappa shape index (κ1) is 13.5. The molecule has 3 aromatic rings. The molecule has 0 aliphatic carbocycles. The molecular weight excluding hydrogens is 380 g/mol. The molecule has 0 atom stereocenters. The Bertz CT molecular complexity index is 675. The first-order chi connectivity index (χ1) is 9.72. The highest BCUT2D eigenvalue weighted by Crippen LogP contribution is 2.24. The molecule has 0 unspecified atom stereocenters. The van der Waals surface area contributed by atoms with Gasteiger partial charge < -0.3 is 0 Å². The van der Waals surface area contributed by atoms with Crippen LogP contribution in [0.5, 0.6) is 0 Å². The Hall–Kier alpha value is -1.52. The van der Waals surface area contributed by atoms with E-state index in [9.17, 15) is 0 Å². The highest BCUT2D eigenvalue weighted by Gasteiger charge is 2.03. The quantitative estimate of drug-likeness (QED) is 0.591. The lowest BCUT2D eigenvalue weighted by Crippen LogP contribution is -1.89. The zero-order valence-corrected chi connectivity index (χ0v) is 13.6. The maximum Gasteiger partial charge on any atom is 0.0886 e. The summed E-state index contributed by atoms with van der Waals surface area (Å²) in [6.07, 6.45) is 3.61. The van der Waals surface area contributed by atoms with Gasteiger partial charge in [-0.15, -0.1) is 0 Å². The molecule has 4 heteroatoms. The fraction of sp³-hybridized carbons (Fsp3) is 0. The molecule has 0 fully saturated rings. The van der Waals surface area contributed by atoms with E-state index in [0.29, 0.717) is 0 Å². The molecule has 0 bridgehead atoms. The van der Waals surface area contributed by atoms with Gasteiger partial charge >= 0.3 is 0 Å². The number of hydrogen-bond acceptors (Lipinski definition) is 2. The van der Waals surface area contributed by atoms with Gasteiger partial charge in [-0.25, -0.2) is 0 Å². The normalized spacial score (nSPS) is 10.5. The molecule has 1 aromatic heterocycles. The number of benzene rings is 2. The number of hydrogen-bond donors (Lipinski definition) is 0. The Kier molecular flexibility index (Phi) is 3.94. The number of rotatable bonds is 2. The van der Waals surface area contributed by atoms with Crippen molar-refractivity contribution >= 4 is 31.9 Å². The second kappa shape index (κ2) is 5.85. The van der Waals surface area contributed by atoms with E-state index in [1.54, 1.807) is 12.4 Å². The van der Waals surface area contributed by atoms with Crippen LogP contribution in [0.1, 0.15) is 0 Å². The Morgan fingerprint density at radius 2 is 1.10 bits per heavy atom. The van der Waals surface area contributed by atoms with Crippen molar-refractivity contribution in [3.05, 3.63) is 69.9 Å². The van der Waals surface area contributed by atoms with Gasteiger partial charge in [-0.2, -0.15) is 0 Å². The Morgan fingerprint density at radius 1 is 0.650 bits per heavy atom. The van der Waals surface area contributed by atoms with E-state index in [4.69, 9.17) is 0 Å². The van der Waals surface area contributed by atoms with Crippen molar-refractivity contribution in [2.75, 3.05) is 0 Å². The molecule has 98 valence electrons. The van der Waals surface area contributed by atoms with Crippen LogP contribution in [0.4, 0.5) is 0 Å².